The summed E-state index contributed by atoms with van der Waals surface area (Å²) in [5.74, 6) is 0.235. The molecule has 2 aliphatic rings. The third-order valence-corrected chi connectivity index (χ3v) is 4.88. The van der Waals surface area contributed by atoms with Crippen LogP contribution in [0.15, 0.2) is 48.5 Å². The molecule has 4 N–H and O–H groups in total. The maximum atomic E-state index is 10.7. The van der Waals surface area contributed by atoms with E-state index in [1.807, 2.05) is 0 Å². The highest BCUT2D eigenvalue weighted by Crippen LogP contribution is 2.37. The van der Waals surface area contributed by atoms with Crippen LogP contribution in [0.5, 0.6) is 11.5 Å². The van der Waals surface area contributed by atoms with Crippen molar-refractivity contribution >= 4 is 0 Å². The lowest BCUT2D eigenvalue weighted by Crippen LogP contribution is -2.49. The number of hydrogen-bond donors (Lipinski definition) is 4. The van der Waals surface area contributed by atoms with Crippen molar-refractivity contribution in [1.82, 2.24) is 0 Å². The van der Waals surface area contributed by atoms with Crippen molar-refractivity contribution in [3.05, 3.63) is 59.7 Å². The van der Waals surface area contributed by atoms with Gasteiger partial charge in [0.25, 0.3) is 0 Å². The molecule has 2 saturated heterocycles. The fraction of sp³-hybridized carbons (Fsp3) is 0.400. The summed E-state index contributed by atoms with van der Waals surface area (Å²) in [6.07, 6.45) is -5.00. The first-order valence-electron chi connectivity index (χ1n) is 9.00. The second-order valence-electron chi connectivity index (χ2n) is 6.80. The van der Waals surface area contributed by atoms with Gasteiger partial charge in [0.2, 0.25) is 0 Å². The minimum absolute atomic E-state index is 0.0972. The van der Waals surface area contributed by atoms with E-state index in [0.717, 1.165) is 0 Å². The van der Waals surface area contributed by atoms with Crippen molar-refractivity contribution in [2.45, 2.75) is 37.0 Å². The van der Waals surface area contributed by atoms with Gasteiger partial charge in [-0.1, -0.05) is 24.3 Å². The molecule has 150 valence electrons. The van der Waals surface area contributed by atoms with Crippen molar-refractivity contribution in [2.24, 2.45) is 0 Å². The van der Waals surface area contributed by atoms with E-state index in [1.165, 1.54) is 24.3 Å². The number of phenolic OH excluding ortho intramolecular Hbond substituents is 2. The summed E-state index contributed by atoms with van der Waals surface area (Å²) >= 11 is 0. The zero-order valence-corrected chi connectivity index (χ0v) is 14.9. The molecule has 28 heavy (non-hydrogen) atoms. The Morgan fingerprint density at radius 3 is 1.93 bits per heavy atom. The summed E-state index contributed by atoms with van der Waals surface area (Å²) in [5, 5.41) is 39.4. The quantitative estimate of drug-likeness (QED) is 0.620. The van der Waals surface area contributed by atoms with Gasteiger partial charge in [-0.15, -0.1) is 0 Å². The van der Waals surface area contributed by atoms with E-state index in [4.69, 9.17) is 18.9 Å². The zero-order chi connectivity index (χ0) is 19.7. The van der Waals surface area contributed by atoms with Gasteiger partial charge in [0.15, 0.2) is 12.6 Å². The molecule has 2 heterocycles. The molecule has 4 rings (SSSR count). The van der Waals surface area contributed by atoms with E-state index in [0.29, 0.717) is 11.1 Å². The molecule has 0 radical (unpaired) electrons. The van der Waals surface area contributed by atoms with Crippen LogP contribution in [0.4, 0.5) is 0 Å². The molecule has 8 nitrogen and oxygen atoms in total. The van der Waals surface area contributed by atoms with E-state index < -0.39 is 43.6 Å². The molecule has 0 amide bonds. The number of aliphatic hydroxyl groups is 2. The number of fused-ring (bicyclic) bond motifs is 1. The molecular weight excluding hydrogens is 368 g/mol. The van der Waals surface area contributed by atoms with E-state index in [9.17, 15) is 20.4 Å². The van der Waals surface area contributed by atoms with E-state index in [2.05, 4.69) is 0 Å². The van der Waals surface area contributed by atoms with E-state index in [-0.39, 0.29) is 18.1 Å². The van der Waals surface area contributed by atoms with Gasteiger partial charge in [0.05, 0.1) is 13.2 Å². The maximum absolute atomic E-state index is 10.7. The highest BCUT2D eigenvalue weighted by Gasteiger charge is 2.46. The molecule has 0 bridgehead atoms. The first kappa shape index (κ1) is 19.1. The largest absolute Gasteiger partial charge is 0.508 e. The molecule has 0 saturated carbocycles. The molecule has 8 heteroatoms. The number of ether oxygens (including phenoxy) is 4. The minimum atomic E-state index is -1.14. The van der Waals surface area contributed by atoms with Crippen molar-refractivity contribution in [1.29, 1.82) is 0 Å². The number of phenols is 2. The SMILES string of the molecule is OC[C@@H]1OC(c2ccc(O)cc2)OC[C@H]2OC(c3ccc(O)cc3)O[C@H]2[C@@H]1O. The van der Waals surface area contributed by atoms with Gasteiger partial charge < -0.3 is 39.4 Å². The van der Waals surface area contributed by atoms with Crippen LogP contribution in [0.25, 0.3) is 0 Å². The fourth-order valence-electron chi connectivity index (χ4n) is 3.35. The first-order valence-corrected chi connectivity index (χ1v) is 9.00. The average molecular weight is 390 g/mol. The molecule has 6 atom stereocenters. The number of aromatic hydroxyl groups is 2. The normalized spacial score (nSPS) is 33.1. The number of benzene rings is 2. The topological polar surface area (TPSA) is 118 Å². The summed E-state index contributed by atoms with van der Waals surface area (Å²) in [6.45, 7) is -0.338. The van der Waals surface area contributed by atoms with Gasteiger partial charge in [-0.3, -0.25) is 0 Å². The van der Waals surface area contributed by atoms with Crippen LogP contribution in [0.2, 0.25) is 0 Å². The first-order chi connectivity index (χ1) is 13.5. The summed E-state index contributed by atoms with van der Waals surface area (Å²) < 4.78 is 23.4. The number of rotatable bonds is 3. The average Bonchev–Trinajstić information content (AvgIpc) is 3.12. The van der Waals surface area contributed by atoms with E-state index >= 15 is 0 Å². The summed E-state index contributed by atoms with van der Waals surface area (Å²) in [5.41, 5.74) is 1.32. The number of hydrogen-bond acceptors (Lipinski definition) is 8. The molecule has 2 aromatic carbocycles. The molecular formula is C20H22O8. The third kappa shape index (κ3) is 3.83. The van der Waals surface area contributed by atoms with Crippen molar-refractivity contribution < 1.29 is 39.4 Å². The third-order valence-electron chi connectivity index (χ3n) is 4.88. The monoisotopic (exact) mass is 390 g/mol. The van der Waals surface area contributed by atoms with Crippen LogP contribution in [-0.4, -0.2) is 58.1 Å². The van der Waals surface area contributed by atoms with E-state index in [1.54, 1.807) is 24.3 Å². The predicted octanol–water partition coefficient (Wildman–Crippen LogP) is 1.35. The Morgan fingerprint density at radius 1 is 0.786 bits per heavy atom. The Hall–Kier alpha value is -2.20. The Bertz CT molecular complexity index is 778. The smallest absolute Gasteiger partial charge is 0.184 e. The lowest BCUT2D eigenvalue weighted by Gasteiger charge is -2.34. The molecule has 2 aliphatic heterocycles. The molecule has 2 fully saturated rings. The highest BCUT2D eigenvalue weighted by atomic mass is 16.8. The van der Waals surface area contributed by atoms with Gasteiger partial charge in [-0.05, 0) is 24.3 Å². The van der Waals surface area contributed by atoms with Gasteiger partial charge >= 0.3 is 0 Å². The standard InChI is InChI=1S/C20H22O8/c21-9-15-17(24)18-16(27-20(28-18)12-3-7-14(23)8-4-12)10-25-19(26-15)11-1-5-13(22)6-2-11/h1-8,15-24H,9-10H2/t15-,16+,17+,18+,19?,20?/m0/s1. The van der Waals surface area contributed by atoms with Crippen molar-refractivity contribution in [2.75, 3.05) is 13.2 Å². The van der Waals surface area contributed by atoms with Gasteiger partial charge in [0, 0.05) is 11.1 Å². The summed E-state index contributed by atoms with van der Waals surface area (Å²) in [6, 6.07) is 12.7. The van der Waals surface area contributed by atoms with Gasteiger partial charge in [-0.2, -0.15) is 0 Å². The van der Waals surface area contributed by atoms with Crippen LogP contribution < -0.4 is 0 Å². The zero-order valence-electron chi connectivity index (χ0n) is 14.9. The Kier molecular flexibility index (Phi) is 5.49. The Labute approximate surface area is 161 Å². The van der Waals surface area contributed by atoms with Gasteiger partial charge in [-0.25, -0.2) is 0 Å². The maximum Gasteiger partial charge on any atom is 0.184 e. The molecule has 0 aromatic heterocycles. The van der Waals surface area contributed by atoms with Crippen LogP contribution in [0.3, 0.4) is 0 Å². The highest BCUT2D eigenvalue weighted by molar-refractivity contribution is 5.28. The Morgan fingerprint density at radius 2 is 1.36 bits per heavy atom. The van der Waals surface area contributed by atoms with Crippen LogP contribution >= 0.6 is 0 Å². The molecule has 2 unspecified atom stereocenters. The minimum Gasteiger partial charge on any atom is -0.508 e. The summed E-state index contributed by atoms with van der Waals surface area (Å²) in [4.78, 5) is 0. The molecule has 0 aliphatic carbocycles. The fourth-order valence-corrected chi connectivity index (χ4v) is 3.35. The summed E-state index contributed by atoms with van der Waals surface area (Å²) in [7, 11) is 0. The van der Waals surface area contributed by atoms with Crippen LogP contribution in [-0.2, 0) is 18.9 Å². The predicted molar refractivity (Wildman–Crippen MR) is 95.4 cm³/mol. The lowest BCUT2D eigenvalue weighted by molar-refractivity contribution is -0.241. The van der Waals surface area contributed by atoms with Gasteiger partial charge in [0.1, 0.15) is 35.9 Å². The number of aliphatic hydroxyl groups excluding tert-OH is 2. The molecule has 0 spiro atoms. The van der Waals surface area contributed by atoms with Crippen molar-refractivity contribution in [3.63, 3.8) is 0 Å². The second kappa shape index (κ2) is 8.04. The van der Waals surface area contributed by atoms with Crippen LogP contribution in [0, 0.1) is 0 Å². The Balaban J connectivity index is 1.54. The molecule has 2 aromatic rings. The van der Waals surface area contributed by atoms with Crippen LogP contribution in [0.1, 0.15) is 23.7 Å². The van der Waals surface area contributed by atoms with Crippen molar-refractivity contribution in [3.8, 4) is 11.5 Å². The second-order valence-corrected chi connectivity index (χ2v) is 6.80. The lowest BCUT2D eigenvalue weighted by atomic mass is 10.0.